The molecule has 0 spiro atoms. The molecule has 0 radical (unpaired) electrons. The third-order valence-electron chi connectivity index (χ3n) is 2.83. The van der Waals surface area contributed by atoms with Crippen molar-refractivity contribution in [2.24, 2.45) is 0 Å². The minimum absolute atomic E-state index is 0.0359. The minimum Gasteiger partial charge on any atom is -0.326 e. The third kappa shape index (κ3) is 3.94. The van der Waals surface area contributed by atoms with Crippen LogP contribution in [0, 0.1) is 5.82 Å². The third-order valence-corrected chi connectivity index (χ3v) is 3.57. The number of ketones is 1. The molecule has 1 aromatic carbocycles. The molecule has 0 fully saturated rings. The van der Waals surface area contributed by atoms with Crippen molar-refractivity contribution in [1.82, 2.24) is 9.78 Å². The van der Waals surface area contributed by atoms with E-state index >= 15 is 0 Å². The van der Waals surface area contributed by atoms with Crippen molar-refractivity contribution in [3.05, 3.63) is 56.2 Å². The van der Waals surface area contributed by atoms with Crippen molar-refractivity contribution < 1.29 is 14.0 Å². The van der Waals surface area contributed by atoms with Gasteiger partial charge in [-0.2, -0.15) is 5.10 Å². The number of carbonyl (C=O) groups excluding carboxylic acids is 2. The molecule has 0 saturated carbocycles. The SMILES string of the molecule is CC(=O)Nc1ccc(C(=O)Cn2ncc(Cl)c(Cl)c2=O)c(F)c1. The molecular formula is C14H10Cl2FN3O3. The molecule has 1 heterocycles. The molecule has 2 aromatic rings. The first kappa shape index (κ1) is 17.1. The summed E-state index contributed by atoms with van der Waals surface area (Å²) in [4.78, 5) is 34.8. The molecule has 0 aliphatic carbocycles. The normalized spacial score (nSPS) is 10.4. The molecule has 0 bridgehead atoms. The number of amides is 1. The van der Waals surface area contributed by atoms with Gasteiger partial charge in [-0.15, -0.1) is 0 Å². The Morgan fingerprint density at radius 2 is 2.04 bits per heavy atom. The minimum atomic E-state index is -0.825. The van der Waals surface area contributed by atoms with Gasteiger partial charge in [0.1, 0.15) is 17.4 Å². The molecule has 2 rings (SSSR count). The van der Waals surface area contributed by atoms with Crippen LogP contribution in [0.25, 0.3) is 0 Å². The van der Waals surface area contributed by atoms with E-state index < -0.39 is 23.7 Å². The number of Topliss-reactive ketones (excluding diaryl/α,β-unsaturated/α-hetero) is 1. The van der Waals surface area contributed by atoms with Gasteiger partial charge in [0.05, 0.1) is 16.8 Å². The predicted molar refractivity (Wildman–Crippen MR) is 83.6 cm³/mol. The summed E-state index contributed by atoms with van der Waals surface area (Å²) in [5, 5.41) is 5.77. The summed E-state index contributed by atoms with van der Waals surface area (Å²) >= 11 is 11.3. The summed E-state index contributed by atoms with van der Waals surface area (Å²) in [5.74, 6) is -1.87. The highest BCUT2D eigenvalue weighted by Gasteiger charge is 2.16. The molecule has 1 N–H and O–H groups in total. The van der Waals surface area contributed by atoms with Gasteiger partial charge in [-0.05, 0) is 18.2 Å². The van der Waals surface area contributed by atoms with Gasteiger partial charge in [0.2, 0.25) is 5.91 Å². The van der Waals surface area contributed by atoms with Gasteiger partial charge in [0.15, 0.2) is 5.78 Å². The van der Waals surface area contributed by atoms with Gasteiger partial charge >= 0.3 is 0 Å². The van der Waals surface area contributed by atoms with E-state index in [1.165, 1.54) is 19.1 Å². The predicted octanol–water partition coefficient (Wildman–Crippen LogP) is 2.53. The van der Waals surface area contributed by atoms with Crippen LogP contribution in [0.1, 0.15) is 17.3 Å². The first-order valence-electron chi connectivity index (χ1n) is 6.31. The number of hydrogen-bond acceptors (Lipinski definition) is 4. The summed E-state index contributed by atoms with van der Waals surface area (Å²) < 4.78 is 14.8. The van der Waals surface area contributed by atoms with Crippen LogP contribution in [0.2, 0.25) is 10.0 Å². The van der Waals surface area contributed by atoms with Crippen molar-refractivity contribution in [2.45, 2.75) is 13.5 Å². The van der Waals surface area contributed by atoms with Crippen LogP contribution >= 0.6 is 23.2 Å². The molecule has 0 unspecified atom stereocenters. The average molecular weight is 358 g/mol. The topological polar surface area (TPSA) is 81.1 Å². The summed E-state index contributed by atoms with van der Waals surface area (Å²) in [6.45, 7) is 0.783. The summed E-state index contributed by atoms with van der Waals surface area (Å²) in [6.07, 6.45) is 1.12. The van der Waals surface area contributed by atoms with Crippen molar-refractivity contribution in [2.75, 3.05) is 5.32 Å². The Kier molecular flexibility index (Phi) is 5.12. The maximum absolute atomic E-state index is 14.0. The number of anilines is 1. The Hall–Kier alpha value is -2.25. The van der Waals surface area contributed by atoms with Crippen LogP contribution in [-0.2, 0) is 11.3 Å². The smallest absolute Gasteiger partial charge is 0.287 e. The highest BCUT2D eigenvalue weighted by Crippen LogP contribution is 2.17. The van der Waals surface area contributed by atoms with E-state index in [0.29, 0.717) is 0 Å². The Bertz CT molecular complexity index is 852. The lowest BCUT2D eigenvalue weighted by molar-refractivity contribution is -0.114. The van der Waals surface area contributed by atoms with Gasteiger partial charge in [0.25, 0.3) is 5.56 Å². The second kappa shape index (κ2) is 6.89. The summed E-state index contributed by atoms with van der Waals surface area (Å²) in [5.41, 5.74) is -0.766. The molecule has 6 nitrogen and oxygen atoms in total. The average Bonchev–Trinajstić information content (AvgIpc) is 2.47. The first-order chi connectivity index (χ1) is 10.8. The molecular weight excluding hydrogens is 348 g/mol. The summed E-state index contributed by atoms with van der Waals surface area (Å²) in [7, 11) is 0. The highest BCUT2D eigenvalue weighted by molar-refractivity contribution is 6.41. The van der Waals surface area contributed by atoms with Crippen LogP contribution in [-0.4, -0.2) is 21.5 Å². The van der Waals surface area contributed by atoms with E-state index in [2.05, 4.69) is 10.4 Å². The lowest BCUT2D eigenvalue weighted by Gasteiger charge is -2.07. The molecule has 120 valence electrons. The Balaban J connectivity index is 2.26. The monoisotopic (exact) mass is 357 g/mol. The first-order valence-corrected chi connectivity index (χ1v) is 7.06. The molecule has 9 heteroatoms. The maximum atomic E-state index is 14.0. The van der Waals surface area contributed by atoms with Gasteiger partial charge < -0.3 is 5.32 Å². The van der Waals surface area contributed by atoms with Gasteiger partial charge in [-0.3, -0.25) is 14.4 Å². The molecule has 1 amide bonds. The number of carbonyl (C=O) groups is 2. The van der Waals surface area contributed by atoms with Gasteiger partial charge in [-0.1, -0.05) is 23.2 Å². The Morgan fingerprint density at radius 3 is 2.65 bits per heavy atom. The van der Waals surface area contributed by atoms with Crippen LogP contribution in [0.4, 0.5) is 10.1 Å². The quantitative estimate of drug-likeness (QED) is 0.852. The Morgan fingerprint density at radius 1 is 1.35 bits per heavy atom. The Labute approximate surface area is 139 Å². The molecule has 1 aromatic heterocycles. The van der Waals surface area contributed by atoms with E-state index in [0.717, 1.165) is 16.9 Å². The van der Waals surface area contributed by atoms with Crippen LogP contribution in [0.15, 0.2) is 29.2 Å². The van der Waals surface area contributed by atoms with E-state index in [1.807, 2.05) is 0 Å². The van der Waals surface area contributed by atoms with Gasteiger partial charge in [0, 0.05) is 12.6 Å². The van der Waals surface area contributed by atoms with E-state index in [4.69, 9.17) is 23.2 Å². The fraction of sp³-hybridized carbons (Fsp3) is 0.143. The lowest BCUT2D eigenvalue weighted by Crippen LogP contribution is -2.27. The van der Waals surface area contributed by atoms with Crippen LogP contribution in [0.3, 0.4) is 0 Å². The van der Waals surface area contributed by atoms with Gasteiger partial charge in [-0.25, -0.2) is 9.07 Å². The van der Waals surface area contributed by atoms with Crippen LogP contribution < -0.4 is 10.9 Å². The molecule has 0 aliphatic heterocycles. The number of aromatic nitrogens is 2. The van der Waals surface area contributed by atoms with Crippen LogP contribution in [0.5, 0.6) is 0 Å². The summed E-state index contributed by atoms with van der Waals surface area (Å²) in [6, 6.07) is 3.61. The fourth-order valence-electron chi connectivity index (χ4n) is 1.80. The number of hydrogen-bond donors (Lipinski definition) is 1. The number of nitrogens with one attached hydrogen (secondary N) is 1. The fourth-order valence-corrected chi connectivity index (χ4v) is 2.07. The number of benzene rings is 1. The lowest BCUT2D eigenvalue weighted by atomic mass is 10.1. The molecule has 0 saturated heterocycles. The molecule has 0 aliphatic rings. The van der Waals surface area contributed by atoms with E-state index in [9.17, 15) is 18.8 Å². The number of halogens is 3. The second-order valence-corrected chi connectivity index (χ2v) is 5.35. The largest absolute Gasteiger partial charge is 0.326 e. The highest BCUT2D eigenvalue weighted by atomic mass is 35.5. The zero-order valence-corrected chi connectivity index (χ0v) is 13.3. The standard InChI is InChI=1S/C14H10Cl2FN3O3/c1-7(21)19-8-2-3-9(11(17)4-8)12(22)6-20-14(23)13(16)10(15)5-18-20/h2-5H,6H2,1H3,(H,19,21). The zero-order chi connectivity index (χ0) is 17.1. The zero-order valence-electron chi connectivity index (χ0n) is 11.8. The van der Waals surface area contributed by atoms with Crippen molar-refractivity contribution in [1.29, 1.82) is 0 Å². The molecule has 0 atom stereocenters. The number of rotatable bonds is 4. The van der Waals surface area contributed by atoms with E-state index in [1.54, 1.807) is 0 Å². The maximum Gasteiger partial charge on any atom is 0.287 e. The second-order valence-electron chi connectivity index (χ2n) is 4.57. The molecule has 23 heavy (non-hydrogen) atoms. The van der Waals surface area contributed by atoms with E-state index in [-0.39, 0.29) is 27.2 Å². The van der Waals surface area contributed by atoms with Crippen molar-refractivity contribution in [3.63, 3.8) is 0 Å². The van der Waals surface area contributed by atoms with Crippen molar-refractivity contribution in [3.8, 4) is 0 Å². The van der Waals surface area contributed by atoms with Crippen molar-refractivity contribution >= 4 is 40.6 Å². The number of nitrogens with zero attached hydrogens (tertiary/aromatic N) is 2.